The van der Waals surface area contributed by atoms with Gasteiger partial charge in [0.1, 0.15) is 4.88 Å². The summed E-state index contributed by atoms with van der Waals surface area (Å²) in [5.74, 6) is -0.328. The number of hydrogen-bond donors (Lipinski definition) is 2. The van der Waals surface area contributed by atoms with Gasteiger partial charge >= 0.3 is 0 Å². The highest BCUT2D eigenvalue weighted by Gasteiger charge is 2.17. The predicted octanol–water partition coefficient (Wildman–Crippen LogP) is 1.31. The van der Waals surface area contributed by atoms with Crippen molar-refractivity contribution in [3.63, 3.8) is 0 Å². The number of carbonyl (C=O) groups is 1. The Kier molecular flexibility index (Phi) is 4.35. The fraction of sp³-hybridized carbons (Fsp3) is 0.250. The second kappa shape index (κ2) is 5.88. The molecule has 1 aromatic carbocycles. The van der Waals surface area contributed by atoms with Crippen LogP contribution in [0, 0.1) is 6.92 Å². The first-order valence-corrected chi connectivity index (χ1v) is 8.40. The van der Waals surface area contributed by atoms with Gasteiger partial charge in [0, 0.05) is 5.69 Å². The number of hydrogen-bond acceptors (Lipinski definition) is 6. The number of aryl methyl sites for hydroxylation is 2. The minimum Gasteiger partial charge on any atom is -0.321 e. The van der Waals surface area contributed by atoms with Gasteiger partial charge in [0.05, 0.1) is 11.1 Å². The van der Waals surface area contributed by atoms with Crippen LogP contribution in [0.4, 0.5) is 5.69 Å². The lowest BCUT2D eigenvalue weighted by Gasteiger charge is -2.14. The van der Waals surface area contributed by atoms with Gasteiger partial charge < -0.3 is 5.32 Å². The van der Waals surface area contributed by atoms with Crippen LogP contribution in [-0.2, 0) is 16.4 Å². The first-order valence-electron chi connectivity index (χ1n) is 6.08. The number of anilines is 1. The lowest BCUT2D eigenvalue weighted by atomic mass is 10.1. The number of benzene rings is 1. The van der Waals surface area contributed by atoms with Crippen LogP contribution in [-0.4, -0.2) is 23.9 Å². The van der Waals surface area contributed by atoms with Crippen molar-refractivity contribution in [2.45, 2.75) is 25.2 Å². The summed E-state index contributed by atoms with van der Waals surface area (Å²) in [6, 6.07) is 2.91. The summed E-state index contributed by atoms with van der Waals surface area (Å²) in [7, 11) is -3.78. The quantitative estimate of drug-likeness (QED) is 0.879. The molecule has 0 saturated heterocycles. The SMILES string of the molecule is CCc1cc(S(N)(=O)=O)cc(C)c1NC(=O)c1cnns1. The number of primary sulfonamides is 1. The fourth-order valence-electron chi connectivity index (χ4n) is 1.89. The second-order valence-electron chi connectivity index (χ2n) is 4.41. The fourth-order valence-corrected chi connectivity index (χ4v) is 2.95. The van der Waals surface area contributed by atoms with E-state index in [1.165, 1.54) is 18.3 Å². The Morgan fingerprint density at radius 2 is 2.14 bits per heavy atom. The molecule has 0 atom stereocenters. The summed E-state index contributed by atoms with van der Waals surface area (Å²) in [5, 5.41) is 11.5. The molecule has 0 fully saturated rings. The summed E-state index contributed by atoms with van der Waals surface area (Å²) in [6.07, 6.45) is 1.93. The van der Waals surface area contributed by atoms with Crippen molar-refractivity contribution < 1.29 is 13.2 Å². The number of aromatic nitrogens is 2. The zero-order valence-electron chi connectivity index (χ0n) is 11.5. The Balaban J connectivity index is 2.42. The van der Waals surface area contributed by atoms with E-state index in [0.29, 0.717) is 28.1 Å². The van der Waals surface area contributed by atoms with Crippen molar-refractivity contribution in [3.8, 4) is 0 Å². The average molecular weight is 326 g/mol. The highest BCUT2D eigenvalue weighted by atomic mass is 32.2. The van der Waals surface area contributed by atoms with E-state index in [2.05, 4.69) is 14.9 Å². The van der Waals surface area contributed by atoms with Crippen LogP contribution < -0.4 is 10.5 Å². The van der Waals surface area contributed by atoms with Crippen LogP contribution in [0.25, 0.3) is 0 Å². The largest absolute Gasteiger partial charge is 0.321 e. The van der Waals surface area contributed by atoms with Gasteiger partial charge in [-0.2, -0.15) is 0 Å². The average Bonchev–Trinajstić information content (AvgIpc) is 2.93. The van der Waals surface area contributed by atoms with Gasteiger partial charge in [0.25, 0.3) is 5.91 Å². The lowest BCUT2D eigenvalue weighted by molar-refractivity contribution is 0.103. The van der Waals surface area contributed by atoms with Gasteiger partial charge in [0.2, 0.25) is 10.0 Å². The van der Waals surface area contributed by atoms with Crippen molar-refractivity contribution in [1.29, 1.82) is 0 Å². The first kappa shape index (κ1) is 15.5. The highest BCUT2D eigenvalue weighted by Crippen LogP contribution is 2.26. The molecule has 1 amide bonds. The van der Waals surface area contributed by atoms with Gasteiger partial charge in [-0.1, -0.05) is 11.4 Å². The van der Waals surface area contributed by atoms with E-state index in [-0.39, 0.29) is 10.8 Å². The van der Waals surface area contributed by atoms with Crippen molar-refractivity contribution >= 4 is 33.2 Å². The summed E-state index contributed by atoms with van der Waals surface area (Å²) < 4.78 is 26.5. The zero-order valence-corrected chi connectivity index (χ0v) is 13.1. The molecule has 1 heterocycles. The molecule has 2 rings (SSSR count). The number of nitrogens with zero attached hydrogens (tertiary/aromatic N) is 2. The summed E-state index contributed by atoms with van der Waals surface area (Å²) in [4.78, 5) is 12.5. The number of amides is 1. The minimum atomic E-state index is -3.78. The number of rotatable bonds is 4. The van der Waals surface area contributed by atoms with E-state index < -0.39 is 10.0 Å². The number of sulfonamides is 1. The zero-order chi connectivity index (χ0) is 15.6. The van der Waals surface area contributed by atoms with E-state index in [1.807, 2.05) is 6.92 Å². The molecule has 0 aliphatic rings. The maximum atomic E-state index is 12.1. The third-order valence-corrected chi connectivity index (χ3v) is 4.48. The molecule has 0 spiro atoms. The number of nitrogens with two attached hydrogens (primary N) is 1. The van der Waals surface area contributed by atoms with Gasteiger partial charge in [-0.25, -0.2) is 13.6 Å². The van der Waals surface area contributed by atoms with Gasteiger partial charge in [-0.3, -0.25) is 4.79 Å². The molecule has 1 aromatic heterocycles. The van der Waals surface area contributed by atoms with Crippen LogP contribution in [0.15, 0.2) is 23.2 Å². The molecule has 2 aromatic rings. The molecule has 21 heavy (non-hydrogen) atoms. The molecule has 0 bridgehead atoms. The molecule has 9 heteroatoms. The third kappa shape index (κ3) is 3.43. The van der Waals surface area contributed by atoms with E-state index in [4.69, 9.17) is 5.14 Å². The van der Waals surface area contributed by atoms with Crippen LogP contribution in [0.2, 0.25) is 0 Å². The maximum absolute atomic E-state index is 12.1. The molecule has 7 nitrogen and oxygen atoms in total. The molecule has 0 unspecified atom stereocenters. The smallest absolute Gasteiger partial charge is 0.269 e. The standard InChI is InChI=1S/C12H14N4O3S2/c1-3-8-5-9(21(13,18)19)4-7(2)11(8)15-12(17)10-6-14-16-20-10/h4-6H,3H2,1-2H3,(H,15,17)(H2,13,18,19). The third-order valence-electron chi connectivity index (χ3n) is 2.92. The molecule has 0 aliphatic heterocycles. The Morgan fingerprint density at radius 3 is 2.67 bits per heavy atom. The summed E-state index contributed by atoms with van der Waals surface area (Å²) >= 11 is 0.988. The van der Waals surface area contributed by atoms with Crippen molar-refractivity contribution in [3.05, 3.63) is 34.3 Å². The van der Waals surface area contributed by atoms with E-state index >= 15 is 0 Å². The van der Waals surface area contributed by atoms with Crippen LogP contribution in [0.3, 0.4) is 0 Å². The van der Waals surface area contributed by atoms with Crippen molar-refractivity contribution in [1.82, 2.24) is 9.59 Å². The van der Waals surface area contributed by atoms with Gasteiger partial charge in [-0.05, 0) is 48.1 Å². The van der Waals surface area contributed by atoms with Crippen LogP contribution >= 0.6 is 11.5 Å². The molecule has 0 radical (unpaired) electrons. The van der Waals surface area contributed by atoms with Crippen LogP contribution in [0.1, 0.15) is 27.7 Å². The lowest BCUT2D eigenvalue weighted by Crippen LogP contribution is -2.16. The molecule has 0 aliphatic carbocycles. The van der Waals surface area contributed by atoms with E-state index in [1.54, 1.807) is 6.92 Å². The number of nitrogens with one attached hydrogen (secondary N) is 1. The van der Waals surface area contributed by atoms with Crippen molar-refractivity contribution in [2.24, 2.45) is 5.14 Å². The minimum absolute atomic E-state index is 0.0364. The first-order chi connectivity index (χ1) is 9.82. The number of carbonyl (C=O) groups excluding carboxylic acids is 1. The summed E-state index contributed by atoms with van der Waals surface area (Å²) in [5.41, 5.74) is 1.91. The predicted molar refractivity (Wildman–Crippen MR) is 79.8 cm³/mol. The van der Waals surface area contributed by atoms with Gasteiger partial charge in [-0.15, -0.1) is 5.10 Å². The van der Waals surface area contributed by atoms with Crippen molar-refractivity contribution in [2.75, 3.05) is 5.32 Å². The molecule has 112 valence electrons. The topological polar surface area (TPSA) is 115 Å². The highest BCUT2D eigenvalue weighted by molar-refractivity contribution is 7.89. The maximum Gasteiger partial charge on any atom is 0.269 e. The Morgan fingerprint density at radius 1 is 1.43 bits per heavy atom. The van der Waals surface area contributed by atoms with E-state index in [9.17, 15) is 13.2 Å². The van der Waals surface area contributed by atoms with Gasteiger partial charge in [0.15, 0.2) is 0 Å². The summed E-state index contributed by atoms with van der Waals surface area (Å²) in [6.45, 7) is 3.58. The Bertz CT molecular complexity index is 770. The monoisotopic (exact) mass is 326 g/mol. The Hall–Kier alpha value is -1.84. The van der Waals surface area contributed by atoms with Crippen LogP contribution in [0.5, 0.6) is 0 Å². The molecular weight excluding hydrogens is 312 g/mol. The molecular formula is C12H14N4O3S2. The molecule has 0 saturated carbocycles. The van der Waals surface area contributed by atoms with E-state index in [0.717, 1.165) is 11.5 Å². The Labute approximate surface area is 126 Å². The molecule has 3 N–H and O–H groups in total. The normalized spacial score (nSPS) is 11.4. The second-order valence-corrected chi connectivity index (χ2v) is 6.76.